The fourth-order valence-corrected chi connectivity index (χ4v) is 1.09. The van der Waals surface area contributed by atoms with Gasteiger partial charge in [0.15, 0.2) is 10.7 Å². The van der Waals surface area contributed by atoms with Gasteiger partial charge in [-0.15, -0.1) is 0 Å². The molecule has 0 atom stereocenters. The molecule has 0 saturated heterocycles. The van der Waals surface area contributed by atoms with Gasteiger partial charge in [-0.1, -0.05) is 11.8 Å². The number of hydrogen-bond donors (Lipinski definition) is 0. The molecule has 2 nitrogen and oxygen atoms in total. The van der Waals surface area contributed by atoms with Crippen LogP contribution in [0.2, 0.25) is 0 Å². The number of halogens is 4. The second kappa shape index (κ2) is 5.00. The number of carbonyl (C=O) groups excluding carboxylic acids is 1. The van der Waals surface area contributed by atoms with Crippen LogP contribution in [-0.2, 0) is 4.79 Å². The number of rotatable bonds is 3. The number of nitriles is 1. The molecule has 0 aliphatic rings. The van der Waals surface area contributed by atoms with Crippen molar-refractivity contribution in [3.05, 3.63) is 10.7 Å². The Balaban J connectivity index is 4.71. The lowest BCUT2D eigenvalue weighted by Gasteiger charge is -2.04. The zero-order valence-corrected chi connectivity index (χ0v) is 7.80. The Kier molecular flexibility index (Phi) is 4.63. The molecule has 0 aliphatic carbocycles. The quantitative estimate of drug-likeness (QED) is 0.549. The van der Waals surface area contributed by atoms with Gasteiger partial charge >= 0.3 is 6.18 Å². The number of carbonyl (C=O) groups is 1. The molecule has 0 fully saturated rings. The maximum Gasteiger partial charge on any atom is 0.429 e. The Morgan fingerprint density at radius 1 is 1.50 bits per heavy atom. The molecule has 0 amide bonds. The van der Waals surface area contributed by atoms with E-state index in [2.05, 4.69) is 0 Å². The Hall–Kier alpha value is -1.03. The first-order chi connectivity index (χ1) is 6.29. The summed E-state index contributed by atoms with van der Waals surface area (Å²) in [5.41, 5.74) is -1.90. The molecule has 78 valence electrons. The van der Waals surface area contributed by atoms with Crippen LogP contribution in [0.25, 0.3) is 0 Å². The number of thioether (sulfide) groups is 1. The molecule has 0 N–H and O–H groups in total. The molecule has 0 saturated carbocycles. The molecule has 0 heterocycles. The van der Waals surface area contributed by atoms with Crippen LogP contribution in [0.1, 0.15) is 6.92 Å². The molecule has 7 heteroatoms. The van der Waals surface area contributed by atoms with Crippen molar-refractivity contribution in [1.82, 2.24) is 0 Å². The van der Waals surface area contributed by atoms with Crippen molar-refractivity contribution < 1.29 is 22.4 Å². The van der Waals surface area contributed by atoms with Gasteiger partial charge in [0, 0.05) is 0 Å². The van der Waals surface area contributed by atoms with Crippen molar-refractivity contribution in [1.29, 1.82) is 5.26 Å². The van der Waals surface area contributed by atoms with E-state index in [1.807, 2.05) is 0 Å². The van der Waals surface area contributed by atoms with E-state index in [0.717, 1.165) is 6.92 Å². The van der Waals surface area contributed by atoms with Gasteiger partial charge in [0.25, 0.3) is 0 Å². The Morgan fingerprint density at radius 2 is 2.00 bits per heavy atom. The van der Waals surface area contributed by atoms with Gasteiger partial charge in [-0.2, -0.15) is 22.8 Å². The molecule has 0 aromatic carbocycles. The minimum atomic E-state index is -5.01. The van der Waals surface area contributed by atoms with Crippen LogP contribution in [0.5, 0.6) is 0 Å². The zero-order valence-electron chi connectivity index (χ0n) is 6.98. The number of hydrogen-bond acceptors (Lipinski definition) is 3. The third kappa shape index (κ3) is 4.28. The summed E-state index contributed by atoms with van der Waals surface area (Å²) in [6, 6.07) is 0.713. The summed E-state index contributed by atoms with van der Waals surface area (Å²) < 4.78 is 48.3. The van der Waals surface area contributed by atoms with Crippen molar-refractivity contribution >= 4 is 17.5 Å². The summed E-state index contributed by atoms with van der Waals surface area (Å²) in [5, 5.41) is 6.36. The number of allylic oxidation sites excluding steroid dienone is 1. The molecule has 14 heavy (non-hydrogen) atoms. The van der Waals surface area contributed by atoms with Gasteiger partial charge in [-0.3, -0.25) is 4.79 Å². The van der Waals surface area contributed by atoms with Gasteiger partial charge in [0.1, 0.15) is 11.9 Å². The predicted molar refractivity (Wildman–Crippen MR) is 42.9 cm³/mol. The van der Waals surface area contributed by atoms with Crippen molar-refractivity contribution in [2.75, 3.05) is 5.75 Å². The zero-order chi connectivity index (χ0) is 11.4. The van der Waals surface area contributed by atoms with Gasteiger partial charge < -0.3 is 0 Å². The van der Waals surface area contributed by atoms with Crippen LogP contribution in [0.4, 0.5) is 17.6 Å². The Bertz CT molecular complexity index is 302. The van der Waals surface area contributed by atoms with Crippen molar-refractivity contribution in [3.8, 4) is 6.07 Å². The van der Waals surface area contributed by atoms with E-state index in [0.29, 0.717) is 6.07 Å². The Morgan fingerprint density at radius 3 is 2.29 bits per heavy atom. The van der Waals surface area contributed by atoms with E-state index in [-0.39, 0.29) is 11.8 Å². The lowest BCUT2D eigenvalue weighted by atomic mass is 10.3. The smallest absolute Gasteiger partial charge is 0.299 e. The standard InChI is InChI=1S/C7H5F4NOS/c1-4(13)3-14-6(8)5(2-12)7(9,10)11/h3H2,1H3/b6-5+. The van der Waals surface area contributed by atoms with Gasteiger partial charge in [0.2, 0.25) is 0 Å². The first-order valence-corrected chi connectivity index (χ1v) is 4.27. The maximum absolute atomic E-state index is 12.7. The van der Waals surface area contributed by atoms with Crippen LogP contribution in [0, 0.1) is 11.3 Å². The molecular formula is C7H5F4NOS. The number of nitrogens with zero attached hydrogens (tertiary/aromatic N) is 1. The highest BCUT2D eigenvalue weighted by atomic mass is 32.2. The second-order valence-corrected chi connectivity index (χ2v) is 3.18. The highest BCUT2D eigenvalue weighted by Gasteiger charge is 2.37. The summed E-state index contributed by atoms with van der Waals surface area (Å²) in [5.74, 6) is -0.891. The van der Waals surface area contributed by atoms with Crippen molar-refractivity contribution in [3.63, 3.8) is 0 Å². The lowest BCUT2D eigenvalue weighted by Crippen LogP contribution is -2.11. The first-order valence-electron chi connectivity index (χ1n) is 3.28. The summed E-state index contributed by atoms with van der Waals surface area (Å²) in [6.45, 7) is 1.11. The third-order valence-corrected chi connectivity index (χ3v) is 2.00. The average molecular weight is 227 g/mol. The highest BCUT2D eigenvalue weighted by molar-refractivity contribution is 8.03. The summed E-state index contributed by atoms with van der Waals surface area (Å²) in [7, 11) is 0. The van der Waals surface area contributed by atoms with Gasteiger partial charge in [-0.25, -0.2) is 0 Å². The summed E-state index contributed by atoms with van der Waals surface area (Å²) >= 11 is 0.0650. The van der Waals surface area contributed by atoms with Crippen LogP contribution in [0.15, 0.2) is 10.7 Å². The van der Waals surface area contributed by atoms with E-state index in [1.165, 1.54) is 0 Å². The SMILES string of the molecule is CC(=O)CS/C(F)=C(\C#N)C(F)(F)F. The fraction of sp³-hybridized carbons (Fsp3) is 0.429. The molecule has 0 aromatic heterocycles. The minimum absolute atomic E-state index is 0.0650. The van der Waals surface area contributed by atoms with E-state index in [9.17, 15) is 22.4 Å². The fourth-order valence-electron chi connectivity index (χ4n) is 0.456. The van der Waals surface area contributed by atoms with E-state index >= 15 is 0 Å². The van der Waals surface area contributed by atoms with E-state index < -0.39 is 28.4 Å². The molecule has 0 unspecified atom stereocenters. The molecular weight excluding hydrogens is 222 g/mol. The van der Waals surface area contributed by atoms with Gasteiger partial charge in [-0.05, 0) is 6.92 Å². The second-order valence-electron chi connectivity index (χ2n) is 2.25. The molecule has 0 spiro atoms. The first kappa shape index (κ1) is 13.0. The van der Waals surface area contributed by atoms with Crippen LogP contribution in [0.3, 0.4) is 0 Å². The van der Waals surface area contributed by atoms with Crippen LogP contribution < -0.4 is 0 Å². The average Bonchev–Trinajstić information content (AvgIpc) is 1.99. The van der Waals surface area contributed by atoms with Crippen LogP contribution >= 0.6 is 11.8 Å². The molecule has 0 rings (SSSR count). The largest absolute Gasteiger partial charge is 0.429 e. The van der Waals surface area contributed by atoms with E-state index in [4.69, 9.17) is 5.26 Å². The lowest BCUT2D eigenvalue weighted by molar-refractivity contribution is -0.114. The molecule has 0 aliphatic heterocycles. The van der Waals surface area contributed by atoms with Crippen LogP contribution in [-0.4, -0.2) is 17.7 Å². The third-order valence-electron chi connectivity index (χ3n) is 0.994. The monoisotopic (exact) mass is 227 g/mol. The minimum Gasteiger partial charge on any atom is -0.299 e. The topological polar surface area (TPSA) is 40.9 Å². The Labute approximate surface area is 81.6 Å². The molecule has 0 bridgehead atoms. The number of alkyl halides is 3. The highest BCUT2D eigenvalue weighted by Crippen LogP contribution is 2.32. The summed E-state index contributed by atoms with van der Waals surface area (Å²) in [6.07, 6.45) is -5.01. The number of Topliss-reactive ketones (excluding diaryl/α,β-unsaturated/α-hetero) is 1. The molecule has 0 aromatic rings. The number of ketones is 1. The summed E-state index contributed by atoms with van der Waals surface area (Å²) in [4.78, 5) is 10.3. The normalized spacial score (nSPS) is 13.1. The predicted octanol–water partition coefficient (Wildman–Crippen LogP) is 2.58. The van der Waals surface area contributed by atoms with Crippen molar-refractivity contribution in [2.45, 2.75) is 13.1 Å². The van der Waals surface area contributed by atoms with Gasteiger partial charge in [0.05, 0.1) is 5.75 Å². The van der Waals surface area contributed by atoms with E-state index in [1.54, 1.807) is 0 Å². The maximum atomic E-state index is 12.7. The molecule has 0 radical (unpaired) electrons. The van der Waals surface area contributed by atoms with Crippen molar-refractivity contribution in [2.24, 2.45) is 0 Å².